The molecule has 0 heterocycles. The number of rotatable bonds is 3. The average molecular weight is 314 g/mol. The summed E-state index contributed by atoms with van der Waals surface area (Å²) in [7, 11) is 0. The molecule has 2 N–H and O–H groups in total. The van der Waals surface area contributed by atoms with Crippen LogP contribution in [-0.4, -0.2) is 17.2 Å². The van der Waals surface area contributed by atoms with Gasteiger partial charge in [-0.25, -0.2) is 4.79 Å². The number of terminal acetylenes is 1. The maximum Gasteiger partial charge on any atom is 0.412 e. The molecule has 0 saturated carbocycles. The fourth-order valence-electron chi connectivity index (χ4n) is 2.74. The number of ether oxygens (including phenoxy) is 1. The van der Waals surface area contributed by atoms with Crippen molar-refractivity contribution in [3.05, 3.63) is 29.3 Å². The number of carbonyl (C=O) groups is 1. The van der Waals surface area contributed by atoms with Crippen molar-refractivity contribution in [1.82, 2.24) is 5.32 Å². The number of benzene rings is 1. The highest BCUT2D eigenvalue weighted by Crippen LogP contribution is 2.34. The van der Waals surface area contributed by atoms with E-state index in [1.165, 1.54) is 11.1 Å². The average Bonchev–Trinajstić information content (AvgIpc) is 2.78. The smallest absolute Gasteiger partial charge is 0.412 e. The van der Waals surface area contributed by atoms with Gasteiger partial charge in [-0.15, -0.1) is 6.42 Å². The maximum atomic E-state index is 11.9. The molecule has 0 radical (unpaired) electrons. The standard InChI is InChI=1S/C19H26N2O2/c1-7-19(5,6)21-16-11-8-13-12-14(9-10-15(13)16)20-17(22)23-18(2,3)4/h1,9-10,12,16,21H,8,11H2,2-6H3,(H,20,22). The van der Waals surface area contributed by atoms with E-state index in [2.05, 4.69) is 22.6 Å². The van der Waals surface area contributed by atoms with Gasteiger partial charge in [-0.2, -0.15) is 0 Å². The van der Waals surface area contributed by atoms with Crippen molar-refractivity contribution in [2.24, 2.45) is 0 Å². The topological polar surface area (TPSA) is 50.4 Å². The van der Waals surface area contributed by atoms with Crippen LogP contribution in [0, 0.1) is 12.3 Å². The van der Waals surface area contributed by atoms with E-state index in [9.17, 15) is 4.79 Å². The van der Waals surface area contributed by atoms with Gasteiger partial charge in [-0.1, -0.05) is 12.0 Å². The van der Waals surface area contributed by atoms with Crippen molar-refractivity contribution in [3.63, 3.8) is 0 Å². The fraction of sp³-hybridized carbons (Fsp3) is 0.526. The van der Waals surface area contributed by atoms with E-state index in [-0.39, 0.29) is 11.6 Å². The molecule has 1 atom stereocenters. The van der Waals surface area contributed by atoms with Gasteiger partial charge in [0.15, 0.2) is 0 Å². The summed E-state index contributed by atoms with van der Waals surface area (Å²) >= 11 is 0. The summed E-state index contributed by atoms with van der Waals surface area (Å²) in [5.74, 6) is 2.77. The molecule has 0 saturated heterocycles. The number of hydrogen-bond acceptors (Lipinski definition) is 3. The second kappa shape index (κ2) is 6.25. The molecule has 0 aliphatic heterocycles. The molecule has 1 unspecified atom stereocenters. The Hall–Kier alpha value is -1.99. The van der Waals surface area contributed by atoms with Gasteiger partial charge in [0.05, 0.1) is 5.54 Å². The highest BCUT2D eigenvalue weighted by Gasteiger charge is 2.27. The van der Waals surface area contributed by atoms with Crippen molar-refractivity contribution in [3.8, 4) is 12.3 Å². The summed E-state index contributed by atoms with van der Waals surface area (Å²) < 4.78 is 5.28. The Bertz CT molecular complexity index is 636. The Morgan fingerprint density at radius 1 is 1.30 bits per heavy atom. The molecule has 4 nitrogen and oxygen atoms in total. The molecule has 124 valence electrons. The summed E-state index contributed by atoms with van der Waals surface area (Å²) in [4.78, 5) is 11.9. The quantitative estimate of drug-likeness (QED) is 0.828. The largest absolute Gasteiger partial charge is 0.444 e. The molecule has 1 aliphatic rings. The normalized spacial score (nSPS) is 17.3. The van der Waals surface area contributed by atoms with E-state index in [0.29, 0.717) is 0 Å². The van der Waals surface area contributed by atoms with E-state index in [4.69, 9.17) is 11.2 Å². The predicted octanol–water partition coefficient (Wildman–Crippen LogP) is 4.02. The van der Waals surface area contributed by atoms with Gasteiger partial charge in [-0.05, 0) is 70.7 Å². The lowest BCUT2D eigenvalue weighted by Crippen LogP contribution is -2.39. The van der Waals surface area contributed by atoms with Crippen LogP contribution in [0.2, 0.25) is 0 Å². The molecule has 0 fully saturated rings. The van der Waals surface area contributed by atoms with Crippen molar-refractivity contribution >= 4 is 11.8 Å². The first-order valence-electron chi connectivity index (χ1n) is 7.98. The van der Waals surface area contributed by atoms with Gasteiger partial charge in [0, 0.05) is 11.7 Å². The van der Waals surface area contributed by atoms with Crippen molar-refractivity contribution in [1.29, 1.82) is 0 Å². The molecule has 0 spiro atoms. The minimum absolute atomic E-state index is 0.256. The summed E-state index contributed by atoms with van der Waals surface area (Å²) in [5, 5.41) is 6.29. The third-order valence-corrected chi connectivity index (χ3v) is 3.76. The third kappa shape index (κ3) is 4.74. The number of aryl methyl sites for hydroxylation is 1. The predicted molar refractivity (Wildman–Crippen MR) is 93.4 cm³/mol. The first-order chi connectivity index (χ1) is 10.6. The SMILES string of the molecule is C#CC(C)(C)NC1CCc2cc(NC(=O)OC(C)(C)C)ccc21. The minimum Gasteiger partial charge on any atom is -0.444 e. The number of hydrogen-bond donors (Lipinski definition) is 2. The molecular formula is C19H26N2O2. The lowest BCUT2D eigenvalue weighted by Gasteiger charge is -2.25. The zero-order valence-corrected chi connectivity index (χ0v) is 14.6. The van der Waals surface area contributed by atoms with Gasteiger partial charge in [-0.3, -0.25) is 10.6 Å². The zero-order valence-electron chi connectivity index (χ0n) is 14.6. The molecule has 1 aromatic rings. The molecule has 1 amide bonds. The first kappa shape index (κ1) is 17.4. The summed E-state index contributed by atoms with van der Waals surface area (Å²) in [6.45, 7) is 9.54. The summed E-state index contributed by atoms with van der Waals surface area (Å²) in [6.07, 6.45) is 7.11. The van der Waals surface area contributed by atoms with E-state index < -0.39 is 11.7 Å². The Kier molecular flexibility index (Phi) is 4.72. The van der Waals surface area contributed by atoms with Crippen LogP contribution < -0.4 is 10.6 Å². The van der Waals surface area contributed by atoms with Crippen LogP contribution in [0.1, 0.15) is 58.2 Å². The van der Waals surface area contributed by atoms with Crippen molar-refractivity contribution in [2.45, 2.75) is 64.6 Å². The van der Waals surface area contributed by atoms with Crippen LogP contribution in [0.4, 0.5) is 10.5 Å². The Morgan fingerprint density at radius 2 is 2.00 bits per heavy atom. The van der Waals surface area contributed by atoms with E-state index in [1.807, 2.05) is 46.8 Å². The Labute approximate surface area is 139 Å². The molecule has 1 aromatic carbocycles. The number of anilines is 1. The van der Waals surface area contributed by atoms with E-state index in [0.717, 1.165) is 18.5 Å². The zero-order chi connectivity index (χ0) is 17.3. The number of nitrogens with one attached hydrogen (secondary N) is 2. The van der Waals surface area contributed by atoms with Crippen LogP contribution in [0.25, 0.3) is 0 Å². The van der Waals surface area contributed by atoms with Crippen LogP contribution in [0.3, 0.4) is 0 Å². The monoisotopic (exact) mass is 314 g/mol. The maximum absolute atomic E-state index is 11.9. The molecule has 2 rings (SSSR count). The number of carbonyl (C=O) groups excluding carboxylic acids is 1. The van der Waals surface area contributed by atoms with Crippen LogP contribution >= 0.6 is 0 Å². The Morgan fingerprint density at radius 3 is 2.61 bits per heavy atom. The lowest BCUT2D eigenvalue weighted by molar-refractivity contribution is 0.0636. The molecule has 0 bridgehead atoms. The number of amides is 1. The van der Waals surface area contributed by atoms with E-state index in [1.54, 1.807) is 0 Å². The third-order valence-electron chi connectivity index (χ3n) is 3.76. The fourth-order valence-corrected chi connectivity index (χ4v) is 2.74. The summed E-state index contributed by atoms with van der Waals surface area (Å²) in [6, 6.07) is 6.24. The van der Waals surface area contributed by atoms with Gasteiger partial charge < -0.3 is 4.74 Å². The highest BCUT2D eigenvalue weighted by atomic mass is 16.6. The Balaban J connectivity index is 2.07. The van der Waals surface area contributed by atoms with Gasteiger partial charge in [0.25, 0.3) is 0 Å². The van der Waals surface area contributed by atoms with E-state index >= 15 is 0 Å². The van der Waals surface area contributed by atoms with Crippen molar-refractivity contribution < 1.29 is 9.53 Å². The van der Waals surface area contributed by atoms with Gasteiger partial charge >= 0.3 is 6.09 Å². The molecule has 4 heteroatoms. The van der Waals surface area contributed by atoms with Crippen LogP contribution in [-0.2, 0) is 11.2 Å². The summed E-state index contributed by atoms with van der Waals surface area (Å²) in [5.41, 5.74) is 2.41. The number of fused-ring (bicyclic) bond motifs is 1. The lowest BCUT2D eigenvalue weighted by atomic mass is 10.0. The first-order valence-corrected chi connectivity index (χ1v) is 7.98. The van der Waals surface area contributed by atoms with Crippen molar-refractivity contribution in [2.75, 3.05) is 5.32 Å². The van der Waals surface area contributed by atoms with Gasteiger partial charge in [0.2, 0.25) is 0 Å². The molecule has 0 aromatic heterocycles. The van der Waals surface area contributed by atoms with Crippen LogP contribution in [0.15, 0.2) is 18.2 Å². The second-order valence-electron chi connectivity index (χ2n) is 7.55. The second-order valence-corrected chi connectivity index (χ2v) is 7.55. The minimum atomic E-state index is -0.503. The van der Waals surface area contributed by atoms with Crippen LogP contribution in [0.5, 0.6) is 0 Å². The van der Waals surface area contributed by atoms with Gasteiger partial charge in [0.1, 0.15) is 5.60 Å². The highest BCUT2D eigenvalue weighted by molar-refractivity contribution is 5.85. The molecule has 23 heavy (non-hydrogen) atoms. The molecule has 1 aliphatic carbocycles. The molecular weight excluding hydrogens is 288 g/mol.